The summed E-state index contributed by atoms with van der Waals surface area (Å²) in [7, 11) is 2.21. The van der Waals surface area contributed by atoms with Crippen LogP contribution >= 0.6 is 0 Å². The highest BCUT2D eigenvalue weighted by Gasteiger charge is 2.23. The van der Waals surface area contributed by atoms with E-state index >= 15 is 0 Å². The van der Waals surface area contributed by atoms with Gasteiger partial charge in [0, 0.05) is 24.2 Å². The maximum Gasteiger partial charge on any atom is 0.165 e. The minimum Gasteiger partial charge on any atom is -0.486 e. The van der Waals surface area contributed by atoms with E-state index in [1.54, 1.807) is 0 Å². The summed E-state index contributed by atoms with van der Waals surface area (Å²) >= 11 is 0. The lowest BCUT2D eigenvalue weighted by Gasteiger charge is -2.35. The molecule has 0 saturated carbocycles. The van der Waals surface area contributed by atoms with Crippen LogP contribution < -0.4 is 14.8 Å². The van der Waals surface area contributed by atoms with Crippen LogP contribution in [-0.2, 0) is 6.54 Å². The molecule has 1 aromatic rings. The predicted octanol–water partition coefficient (Wildman–Crippen LogP) is 2.03. The third kappa shape index (κ3) is 2.91. The van der Waals surface area contributed by atoms with Gasteiger partial charge in [-0.05, 0) is 39.4 Å². The number of para-hydroxylation sites is 1. The Morgan fingerprint density at radius 3 is 3.00 bits per heavy atom. The molecule has 110 valence electrons. The Bertz CT molecular complexity index is 464. The van der Waals surface area contributed by atoms with Gasteiger partial charge in [-0.1, -0.05) is 12.1 Å². The highest BCUT2D eigenvalue weighted by Crippen LogP contribution is 2.33. The van der Waals surface area contributed by atoms with Crippen LogP contribution in [0.25, 0.3) is 0 Å². The lowest BCUT2D eigenvalue weighted by Crippen LogP contribution is -2.45. The second-order valence-corrected chi connectivity index (χ2v) is 5.87. The van der Waals surface area contributed by atoms with E-state index in [9.17, 15) is 0 Å². The van der Waals surface area contributed by atoms with Crippen LogP contribution in [-0.4, -0.2) is 43.8 Å². The van der Waals surface area contributed by atoms with Gasteiger partial charge in [0.2, 0.25) is 0 Å². The Balaban J connectivity index is 1.61. The van der Waals surface area contributed by atoms with Crippen molar-refractivity contribution in [3.63, 3.8) is 0 Å². The molecule has 0 bridgehead atoms. The Hall–Kier alpha value is -1.26. The van der Waals surface area contributed by atoms with Crippen molar-refractivity contribution in [2.45, 2.75) is 38.4 Å². The number of nitrogens with zero attached hydrogens (tertiary/aromatic N) is 1. The molecule has 20 heavy (non-hydrogen) atoms. The van der Waals surface area contributed by atoms with Crippen molar-refractivity contribution in [3.05, 3.63) is 23.8 Å². The maximum absolute atomic E-state index is 5.76. The van der Waals surface area contributed by atoms with E-state index in [0.717, 1.165) is 18.0 Å². The van der Waals surface area contributed by atoms with E-state index in [2.05, 4.69) is 30.3 Å². The molecule has 3 rings (SSSR count). The summed E-state index contributed by atoms with van der Waals surface area (Å²) in [6.07, 6.45) is 2.43. The molecule has 0 aliphatic carbocycles. The minimum absolute atomic E-state index is 0.599. The van der Waals surface area contributed by atoms with Gasteiger partial charge in [0.15, 0.2) is 11.5 Å². The van der Waals surface area contributed by atoms with Crippen LogP contribution in [0.1, 0.15) is 25.3 Å². The largest absolute Gasteiger partial charge is 0.486 e. The zero-order valence-electron chi connectivity index (χ0n) is 12.4. The van der Waals surface area contributed by atoms with Crippen molar-refractivity contribution >= 4 is 0 Å². The number of hydrogen-bond acceptors (Lipinski definition) is 4. The zero-order valence-corrected chi connectivity index (χ0v) is 12.4. The fourth-order valence-electron chi connectivity index (χ4n) is 3.00. The molecule has 1 N–H and O–H groups in total. The number of likely N-dealkylation sites (tertiary alicyclic amines) is 1. The molecule has 2 unspecified atom stereocenters. The number of ether oxygens (including phenoxy) is 2. The summed E-state index contributed by atoms with van der Waals surface area (Å²) in [5, 5.41) is 3.68. The number of nitrogens with one attached hydrogen (secondary N) is 1. The van der Waals surface area contributed by atoms with Gasteiger partial charge in [-0.2, -0.15) is 0 Å². The molecule has 2 aliphatic heterocycles. The molecule has 1 saturated heterocycles. The first-order valence-electron chi connectivity index (χ1n) is 7.55. The van der Waals surface area contributed by atoms with Crippen molar-refractivity contribution in [2.75, 3.05) is 26.8 Å². The smallest absolute Gasteiger partial charge is 0.165 e. The summed E-state index contributed by atoms with van der Waals surface area (Å²) < 4.78 is 11.4. The molecule has 4 heteroatoms. The standard InChI is InChI=1S/C16H24N2O2/c1-12-10-14(6-7-18(12)2)17-11-13-4-3-5-15-16(13)20-9-8-19-15/h3-5,12,14,17H,6-11H2,1-2H3. The van der Waals surface area contributed by atoms with Crippen LogP contribution in [0.15, 0.2) is 18.2 Å². The molecule has 2 heterocycles. The average molecular weight is 276 g/mol. The van der Waals surface area contributed by atoms with Gasteiger partial charge in [-0.15, -0.1) is 0 Å². The molecule has 1 aromatic carbocycles. The summed E-state index contributed by atoms with van der Waals surface area (Å²) in [4.78, 5) is 2.43. The average Bonchev–Trinajstić information content (AvgIpc) is 2.48. The van der Waals surface area contributed by atoms with E-state index in [1.165, 1.54) is 24.9 Å². The maximum atomic E-state index is 5.76. The number of rotatable bonds is 3. The molecule has 0 amide bonds. The van der Waals surface area contributed by atoms with Gasteiger partial charge in [-0.3, -0.25) is 0 Å². The topological polar surface area (TPSA) is 33.7 Å². The first-order chi connectivity index (χ1) is 9.74. The van der Waals surface area contributed by atoms with Crippen molar-refractivity contribution < 1.29 is 9.47 Å². The van der Waals surface area contributed by atoms with Crippen molar-refractivity contribution in [1.82, 2.24) is 10.2 Å². The lowest BCUT2D eigenvalue weighted by atomic mass is 9.98. The first-order valence-corrected chi connectivity index (χ1v) is 7.55. The number of benzene rings is 1. The molecule has 0 spiro atoms. The van der Waals surface area contributed by atoms with Gasteiger partial charge in [0.1, 0.15) is 13.2 Å². The van der Waals surface area contributed by atoms with Crippen LogP contribution in [0.2, 0.25) is 0 Å². The highest BCUT2D eigenvalue weighted by atomic mass is 16.6. The second kappa shape index (κ2) is 6.02. The third-order valence-corrected chi connectivity index (χ3v) is 4.44. The zero-order chi connectivity index (χ0) is 13.9. The molecule has 4 nitrogen and oxygen atoms in total. The van der Waals surface area contributed by atoms with Crippen molar-refractivity contribution in [2.24, 2.45) is 0 Å². The van der Waals surface area contributed by atoms with E-state index in [4.69, 9.17) is 9.47 Å². The van der Waals surface area contributed by atoms with E-state index in [0.29, 0.717) is 25.3 Å². The number of fused-ring (bicyclic) bond motifs is 1. The summed E-state index contributed by atoms with van der Waals surface area (Å²) in [6.45, 7) is 5.62. The fraction of sp³-hybridized carbons (Fsp3) is 0.625. The molecular weight excluding hydrogens is 252 g/mol. The van der Waals surface area contributed by atoms with Crippen molar-refractivity contribution in [3.8, 4) is 11.5 Å². The molecule has 0 aromatic heterocycles. The van der Waals surface area contributed by atoms with E-state index in [-0.39, 0.29) is 0 Å². The SMILES string of the molecule is CC1CC(NCc2cccc3c2OCCO3)CCN1C. The quantitative estimate of drug-likeness (QED) is 0.916. The summed E-state index contributed by atoms with van der Waals surface area (Å²) in [5.74, 6) is 1.81. The lowest BCUT2D eigenvalue weighted by molar-refractivity contribution is 0.163. The molecule has 2 aliphatic rings. The summed E-state index contributed by atoms with van der Waals surface area (Å²) in [5.41, 5.74) is 1.20. The van der Waals surface area contributed by atoms with Gasteiger partial charge >= 0.3 is 0 Å². The monoisotopic (exact) mass is 276 g/mol. The fourth-order valence-corrected chi connectivity index (χ4v) is 3.00. The normalized spacial score (nSPS) is 26.5. The molecular formula is C16H24N2O2. The van der Waals surface area contributed by atoms with Gasteiger partial charge in [0.25, 0.3) is 0 Å². The van der Waals surface area contributed by atoms with Gasteiger partial charge in [-0.25, -0.2) is 0 Å². The molecule has 2 atom stereocenters. The Labute approximate surface area is 121 Å². The van der Waals surface area contributed by atoms with Gasteiger partial charge < -0.3 is 19.7 Å². The van der Waals surface area contributed by atoms with Crippen LogP contribution in [0, 0.1) is 0 Å². The van der Waals surface area contributed by atoms with Crippen molar-refractivity contribution in [1.29, 1.82) is 0 Å². The molecule has 0 radical (unpaired) electrons. The van der Waals surface area contributed by atoms with E-state index < -0.39 is 0 Å². The summed E-state index contributed by atoms with van der Waals surface area (Å²) in [6, 6.07) is 7.41. The van der Waals surface area contributed by atoms with Gasteiger partial charge in [0.05, 0.1) is 0 Å². The minimum atomic E-state index is 0.599. The number of piperidine rings is 1. The van der Waals surface area contributed by atoms with Crippen LogP contribution in [0.4, 0.5) is 0 Å². The number of hydrogen-bond donors (Lipinski definition) is 1. The predicted molar refractivity (Wildman–Crippen MR) is 79.4 cm³/mol. The Morgan fingerprint density at radius 1 is 1.30 bits per heavy atom. The van der Waals surface area contributed by atoms with E-state index in [1.807, 2.05) is 12.1 Å². The van der Waals surface area contributed by atoms with Crippen LogP contribution in [0.5, 0.6) is 11.5 Å². The Morgan fingerprint density at radius 2 is 2.15 bits per heavy atom. The van der Waals surface area contributed by atoms with Crippen LogP contribution in [0.3, 0.4) is 0 Å². The molecule has 1 fully saturated rings. The first kappa shape index (κ1) is 13.7. The second-order valence-electron chi connectivity index (χ2n) is 5.87. The highest BCUT2D eigenvalue weighted by molar-refractivity contribution is 5.47. The Kier molecular flexibility index (Phi) is 4.13. The third-order valence-electron chi connectivity index (χ3n) is 4.44.